The van der Waals surface area contributed by atoms with Gasteiger partial charge < -0.3 is 33.8 Å². The lowest BCUT2D eigenvalue weighted by atomic mass is 10.1. The molecule has 5 unspecified atom stereocenters. The third kappa shape index (κ3) is 77.5. The summed E-state index contributed by atoms with van der Waals surface area (Å²) in [5.41, 5.74) is 0. The number of rotatable bonds is 72. The molecule has 0 saturated carbocycles. The molecular weight excluding hydrogens is 1400 g/mol. The Balaban J connectivity index is 5.56. The summed E-state index contributed by atoms with van der Waals surface area (Å²) in [7, 11) is -10.1. The van der Waals surface area contributed by atoms with Crippen LogP contribution in [-0.2, 0) is 65.4 Å². The van der Waals surface area contributed by atoms with Gasteiger partial charge >= 0.3 is 39.5 Å². The fourth-order valence-corrected chi connectivity index (χ4v) is 11.1. The van der Waals surface area contributed by atoms with Crippen LogP contribution < -0.4 is 0 Å². The zero-order valence-corrected chi connectivity index (χ0v) is 68.0. The van der Waals surface area contributed by atoms with Crippen molar-refractivity contribution in [2.24, 2.45) is 0 Å². The standard InChI is InChI=1S/C89H138O17P2/c1-5-9-13-17-21-25-29-33-37-39-41-43-47-49-53-57-61-65-69-73-86(91)99-79-84(105-88(93)75-71-67-63-59-55-51-45-35-31-27-23-19-15-11-7-3)81-103-107(95,96)101-77-83(90)78-102-108(97,98)104-82-85(106-89(94)76-72-68-64-60-56-52-46-36-32-28-24-20-16-12-8-4)80-100-87(92)74-70-66-62-58-54-50-48-44-42-40-38-34-30-26-22-18-14-10-6-2/h9,11-13,15-16,21-28,33-38,41-46,49,53,55-56,59-61,65,68,72,83-85,90H,5-8,10,14,17-20,29-32,39-40,47-48,50-52,54,57-58,62-64,66-67,69-71,73-82H2,1-4H3,(H,95,96)(H,97,98)/b13-9-,15-11-,16-12-,25-21-,26-22-,27-23-,28-24-,37-33-,38-34-,43-41-,44-42-,45-35-,46-36-,53-49-,59-55-,60-56-,65-61-,72-68-. The number of allylic oxidation sites excluding steroid dienone is 35. The molecule has 0 bridgehead atoms. The zero-order chi connectivity index (χ0) is 78.9. The van der Waals surface area contributed by atoms with E-state index in [0.29, 0.717) is 38.5 Å². The molecule has 108 heavy (non-hydrogen) atoms. The first kappa shape index (κ1) is 101. The molecule has 0 spiro atoms. The number of aliphatic hydroxyl groups is 1. The number of phosphoric acid groups is 2. The van der Waals surface area contributed by atoms with Crippen molar-refractivity contribution in [3.63, 3.8) is 0 Å². The molecule has 17 nitrogen and oxygen atoms in total. The molecule has 0 aromatic carbocycles. The van der Waals surface area contributed by atoms with Crippen molar-refractivity contribution in [1.82, 2.24) is 0 Å². The molecule has 0 aromatic rings. The number of aliphatic hydroxyl groups excluding tert-OH is 1. The first-order valence-electron chi connectivity index (χ1n) is 40.0. The van der Waals surface area contributed by atoms with Crippen LogP contribution >= 0.6 is 15.6 Å². The smallest absolute Gasteiger partial charge is 0.462 e. The number of carbonyl (C=O) groups is 4. The maximum absolute atomic E-state index is 13.1. The van der Waals surface area contributed by atoms with E-state index >= 15 is 0 Å². The molecule has 19 heteroatoms. The Morgan fingerprint density at radius 1 is 0.278 bits per heavy atom. The molecule has 0 rings (SSSR count). The van der Waals surface area contributed by atoms with Crippen molar-refractivity contribution in [3.8, 4) is 0 Å². The molecule has 0 radical (unpaired) electrons. The van der Waals surface area contributed by atoms with Crippen molar-refractivity contribution in [2.45, 2.75) is 277 Å². The first-order chi connectivity index (χ1) is 52.7. The number of esters is 4. The summed E-state index contributed by atoms with van der Waals surface area (Å²) in [4.78, 5) is 73.0. The lowest BCUT2D eigenvalue weighted by Crippen LogP contribution is -2.30. The Morgan fingerprint density at radius 3 is 0.898 bits per heavy atom. The Kier molecular flexibility index (Phi) is 73.7. The van der Waals surface area contributed by atoms with Crippen LogP contribution in [0, 0.1) is 0 Å². The van der Waals surface area contributed by atoms with Crippen molar-refractivity contribution in [3.05, 3.63) is 219 Å². The quantitative estimate of drug-likeness (QED) is 0.0169. The van der Waals surface area contributed by atoms with Gasteiger partial charge in [0.2, 0.25) is 0 Å². The number of ether oxygens (including phenoxy) is 4. The van der Waals surface area contributed by atoms with Gasteiger partial charge in [-0.05, 0) is 167 Å². The summed E-state index contributed by atoms with van der Waals surface area (Å²) < 4.78 is 68.3. The number of carbonyl (C=O) groups excluding carboxylic acids is 4. The van der Waals surface area contributed by atoms with Gasteiger partial charge in [0.1, 0.15) is 19.3 Å². The highest BCUT2D eigenvalue weighted by Crippen LogP contribution is 2.45. The molecule has 0 aliphatic heterocycles. The van der Waals surface area contributed by atoms with Crippen molar-refractivity contribution in [1.29, 1.82) is 0 Å². The van der Waals surface area contributed by atoms with Crippen molar-refractivity contribution in [2.75, 3.05) is 39.6 Å². The minimum Gasteiger partial charge on any atom is -0.462 e. The molecule has 0 saturated heterocycles. The van der Waals surface area contributed by atoms with Crippen LogP contribution in [0.5, 0.6) is 0 Å². The molecular formula is C89H138O17P2. The molecule has 0 aliphatic rings. The SMILES string of the molecule is CC/C=C\C/C=C\C/C=C\C/C=C\C/C=C\C/C=C\CCC(=O)OCC(COP(=O)(O)OCC(O)COP(=O)(O)OCC(COC(=O)CCCCCCCC/C=C\C/C=C\C/C=C\CCCCC)OC(=O)C/C=C\C/C=C\C/C=C\C/C=C\C/C=C\CC)OC(=O)CCCC/C=C\C/C=C\C/C=C\C/C=C\CC. The minimum absolute atomic E-state index is 0.0141. The third-order valence-corrected chi connectivity index (χ3v) is 17.4. The predicted octanol–water partition coefficient (Wildman–Crippen LogP) is 23.7. The van der Waals surface area contributed by atoms with Crippen LogP contribution in [-0.4, -0.2) is 96.7 Å². The second-order valence-corrected chi connectivity index (χ2v) is 28.4. The van der Waals surface area contributed by atoms with Gasteiger partial charge in [-0.3, -0.25) is 37.3 Å². The molecule has 5 atom stereocenters. The van der Waals surface area contributed by atoms with Crippen LogP contribution in [0.1, 0.15) is 259 Å². The van der Waals surface area contributed by atoms with E-state index in [1.165, 1.54) is 19.3 Å². The van der Waals surface area contributed by atoms with Gasteiger partial charge in [0.05, 0.1) is 32.8 Å². The van der Waals surface area contributed by atoms with E-state index in [-0.39, 0.29) is 25.7 Å². The highest BCUT2D eigenvalue weighted by Gasteiger charge is 2.30. The van der Waals surface area contributed by atoms with E-state index in [4.69, 9.17) is 37.0 Å². The number of hydrogen-bond acceptors (Lipinski definition) is 15. The fraction of sp³-hybridized carbons (Fsp3) is 0.551. The molecule has 0 amide bonds. The van der Waals surface area contributed by atoms with E-state index in [2.05, 4.69) is 198 Å². The highest BCUT2D eigenvalue weighted by atomic mass is 31.2. The second kappa shape index (κ2) is 78.5. The summed E-state index contributed by atoms with van der Waals surface area (Å²) >= 11 is 0. The minimum atomic E-state index is -5.03. The Bertz CT molecular complexity index is 2910. The second-order valence-electron chi connectivity index (χ2n) is 25.5. The molecule has 0 aromatic heterocycles. The van der Waals surface area contributed by atoms with Gasteiger partial charge in [0, 0.05) is 19.3 Å². The lowest BCUT2D eigenvalue weighted by Gasteiger charge is -2.21. The van der Waals surface area contributed by atoms with Gasteiger partial charge in [0.25, 0.3) is 0 Å². The monoisotopic (exact) mass is 1540 g/mol. The predicted molar refractivity (Wildman–Crippen MR) is 445 cm³/mol. The largest absolute Gasteiger partial charge is 0.472 e. The maximum atomic E-state index is 13.1. The molecule has 0 fully saturated rings. The van der Waals surface area contributed by atoms with E-state index in [1.807, 2.05) is 36.5 Å². The Hall–Kier alpha value is -6.62. The topological polar surface area (TPSA) is 237 Å². The van der Waals surface area contributed by atoms with E-state index in [0.717, 1.165) is 148 Å². The van der Waals surface area contributed by atoms with E-state index in [1.54, 1.807) is 12.2 Å². The summed E-state index contributed by atoms with van der Waals surface area (Å²) in [6, 6.07) is 0. The average Bonchev–Trinajstić information content (AvgIpc) is 0.923. The third-order valence-electron chi connectivity index (χ3n) is 15.5. The molecule has 3 N–H and O–H groups in total. The van der Waals surface area contributed by atoms with Crippen LogP contribution in [0.4, 0.5) is 0 Å². The lowest BCUT2D eigenvalue weighted by molar-refractivity contribution is -0.161. The summed E-state index contributed by atoms with van der Waals surface area (Å²) in [5, 5.41) is 10.6. The van der Waals surface area contributed by atoms with Gasteiger partial charge in [-0.15, -0.1) is 0 Å². The number of unbranched alkanes of at least 4 members (excludes halogenated alkanes) is 11. The van der Waals surface area contributed by atoms with Crippen LogP contribution in [0.25, 0.3) is 0 Å². The molecule has 0 aliphatic carbocycles. The van der Waals surface area contributed by atoms with Gasteiger partial charge in [0.15, 0.2) is 12.2 Å². The first-order valence-corrected chi connectivity index (χ1v) is 43.0. The van der Waals surface area contributed by atoms with Crippen LogP contribution in [0.2, 0.25) is 0 Å². The zero-order valence-electron chi connectivity index (χ0n) is 66.2. The van der Waals surface area contributed by atoms with E-state index in [9.17, 15) is 43.2 Å². The Labute approximate surface area is 651 Å². The number of phosphoric ester groups is 2. The molecule has 606 valence electrons. The summed E-state index contributed by atoms with van der Waals surface area (Å²) in [6.45, 7) is 4.19. The fourth-order valence-electron chi connectivity index (χ4n) is 9.49. The highest BCUT2D eigenvalue weighted by molar-refractivity contribution is 7.47. The Morgan fingerprint density at radius 2 is 0.537 bits per heavy atom. The maximum Gasteiger partial charge on any atom is 0.472 e. The molecule has 0 heterocycles. The van der Waals surface area contributed by atoms with Crippen molar-refractivity contribution >= 4 is 39.5 Å². The summed E-state index contributed by atoms with van der Waals surface area (Å²) in [5.74, 6) is -2.51. The van der Waals surface area contributed by atoms with Gasteiger partial charge in [-0.1, -0.05) is 285 Å². The normalized spacial score (nSPS) is 15.0. The van der Waals surface area contributed by atoms with Crippen LogP contribution in [0.3, 0.4) is 0 Å². The van der Waals surface area contributed by atoms with Crippen molar-refractivity contribution < 1.29 is 80.2 Å². The van der Waals surface area contributed by atoms with E-state index < -0.39 is 97.5 Å². The summed E-state index contributed by atoms with van der Waals surface area (Å²) in [6.07, 6.45) is 99.7. The van der Waals surface area contributed by atoms with Crippen LogP contribution in [0.15, 0.2) is 219 Å². The van der Waals surface area contributed by atoms with Gasteiger partial charge in [-0.2, -0.15) is 0 Å². The van der Waals surface area contributed by atoms with Gasteiger partial charge in [-0.25, -0.2) is 9.13 Å². The average molecular weight is 1540 g/mol. The number of hydrogen-bond donors (Lipinski definition) is 3.